The van der Waals surface area contributed by atoms with Crippen molar-refractivity contribution in [3.63, 3.8) is 0 Å². The van der Waals surface area contributed by atoms with Gasteiger partial charge in [-0.05, 0) is 62.4 Å². The molecule has 0 radical (unpaired) electrons. The fraction of sp³-hybridized carbons (Fsp3) is 0.211. The molecule has 0 unspecified atom stereocenters. The Morgan fingerprint density at radius 3 is 2.22 bits per heavy atom. The van der Waals surface area contributed by atoms with Gasteiger partial charge >= 0.3 is 0 Å². The lowest BCUT2D eigenvalue weighted by molar-refractivity contribution is 0.0993. The number of hydrogen-bond donors (Lipinski definition) is 0. The van der Waals surface area contributed by atoms with E-state index in [0.29, 0.717) is 11.3 Å². The monoisotopic (exact) mass is 390 g/mol. The minimum Gasteiger partial charge on any atom is -0.481 e. The number of aromatic nitrogens is 2. The predicted octanol–water partition coefficient (Wildman–Crippen LogP) is 4.85. The molecular weight excluding hydrogens is 374 g/mol. The van der Waals surface area contributed by atoms with Crippen molar-refractivity contribution >= 4 is 17.5 Å². The number of ether oxygens (including phenoxy) is 1. The SMILES string of the molecule is C[C@@H](Sc1nnc([C@@H](C)Oc2ccc(F)cc2)o1)C(=O)c1ccc(F)cc1. The molecule has 0 bridgehead atoms. The van der Waals surface area contributed by atoms with E-state index in [4.69, 9.17) is 9.15 Å². The standard InChI is InChI=1S/C19H16F2N2O3S/c1-11(25-16-9-7-15(21)8-10-16)18-22-23-19(26-18)27-12(2)17(24)13-3-5-14(20)6-4-13/h3-12H,1-2H3/t11-,12-/m1/s1. The molecule has 0 amide bonds. The van der Waals surface area contributed by atoms with Crippen LogP contribution in [0.25, 0.3) is 0 Å². The van der Waals surface area contributed by atoms with E-state index in [1.54, 1.807) is 13.8 Å². The molecule has 140 valence electrons. The third-order valence-electron chi connectivity index (χ3n) is 3.67. The number of benzene rings is 2. The van der Waals surface area contributed by atoms with Gasteiger partial charge in [0.05, 0.1) is 5.25 Å². The summed E-state index contributed by atoms with van der Waals surface area (Å²) < 4.78 is 37.1. The number of carbonyl (C=O) groups excluding carboxylic acids is 1. The van der Waals surface area contributed by atoms with E-state index >= 15 is 0 Å². The lowest BCUT2D eigenvalue weighted by Crippen LogP contribution is -2.13. The largest absolute Gasteiger partial charge is 0.481 e. The molecular formula is C19H16F2N2O3S. The first-order chi connectivity index (χ1) is 12.9. The van der Waals surface area contributed by atoms with Crippen LogP contribution in [-0.2, 0) is 0 Å². The Balaban J connectivity index is 1.61. The maximum absolute atomic E-state index is 13.0. The fourth-order valence-electron chi connectivity index (χ4n) is 2.25. The molecule has 0 saturated heterocycles. The van der Waals surface area contributed by atoms with Gasteiger partial charge in [0.1, 0.15) is 17.4 Å². The summed E-state index contributed by atoms with van der Waals surface area (Å²) >= 11 is 1.11. The maximum Gasteiger partial charge on any atom is 0.277 e. The highest BCUT2D eigenvalue weighted by Crippen LogP contribution is 2.27. The van der Waals surface area contributed by atoms with E-state index in [1.807, 2.05) is 0 Å². The molecule has 1 heterocycles. The molecule has 0 aliphatic rings. The summed E-state index contributed by atoms with van der Waals surface area (Å²) in [5.41, 5.74) is 0.407. The van der Waals surface area contributed by atoms with Crippen molar-refractivity contribution in [3.8, 4) is 5.75 Å². The normalized spacial score (nSPS) is 13.2. The summed E-state index contributed by atoms with van der Waals surface area (Å²) in [6.07, 6.45) is -0.541. The lowest BCUT2D eigenvalue weighted by atomic mass is 10.1. The van der Waals surface area contributed by atoms with Crippen LogP contribution in [0.5, 0.6) is 5.75 Å². The Morgan fingerprint density at radius 2 is 1.59 bits per heavy atom. The minimum atomic E-state index is -0.541. The fourth-order valence-corrected chi connectivity index (χ4v) is 3.02. The molecule has 0 fully saturated rings. The molecule has 0 saturated carbocycles. The Kier molecular flexibility index (Phi) is 5.85. The summed E-state index contributed by atoms with van der Waals surface area (Å²) in [6.45, 7) is 3.43. The van der Waals surface area contributed by atoms with Gasteiger partial charge in [0, 0.05) is 5.56 Å². The second kappa shape index (κ2) is 8.30. The van der Waals surface area contributed by atoms with Crippen molar-refractivity contribution in [2.75, 3.05) is 0 Å². The number of thioether (sulfide) groups is 1. The molecule has 1 aromatic heterocycles. The molecule has 27 heavy (non-hydrogen) atoms. The van der Waals surface area contributed by atoms with Crippen molar-refractivity contribution in [1.29, 1.82) is 0 Å². The van der Waals surface area contributed by atoms with Crippen LogP contribution >= 0.6 is 11.8 Å². The average Bonchev–Trinajstić information content (AvgIpc) is 3.12. The molecule has 3 rings (SSSR count). The third kappa shape index (κ3) is 4.91. The van der Waals surface area contributed by atoms with Crippen molar-refractivity contribution in [3.05, 3.63) is 71.6 Å². The van der Waals surface area contributed by atoms with Gasteiger partial charge in [0.2, 0.25) is 0 Å². The molecule has 0 aliphatic heterocycles. The van der Waals surface area contributed by atoms with Crippen LogP contribution in [0.15, 0.2) is 58.2 Å². The van der Waals surface area contributed by atoms with Crippen LogP contribution in [-0.4, -0.2) is 21.2 Å². The van der Waals surface area contributed by atoms with Gasteiger partial charge in [-0.25, -0.2) is 8.78 Å². The zero-order valence-electron chi connectivity index (χ0n) is 14.6. The molecule has 0 N–H and O–H groups in total. The van der Waals surface area contributed by atoms with Gasteiger partial charge in [0.25, 0.3) is 11.1 Å². The first kappa shape index (κ1) is 19.0. The predicted molar refractivity (Wildman–Crippen MR) is 95.8 cm³/mol. The molecule has 8 heteroatoms. The minimum absolute atomic E-state index is 0.171. The van der Waals surface area contributed by atoms with E-state index in [0.717, 1.165) is 11.8 Å². The molecule has 3 aromatic rings. The Morgan fingerprint density at radius 1 is 1.00 bits per heavy atom. The molecule has 5 nitrogen and oxygen atoms in total. The lowest BCUT2D eigenvalue weighted by Gasteiger charge is -2.10. The molecule has 2 aromatic carbocycles. The summed E-state index contributed by atoms with van der Waals surface area (Å²) in [5, 5.41) is 7.58. The number of Topliss-reactive ketones (excluding diaryl/α,β-unsaturated/α-hetero) is 1. The van der Waals surface area contributed by atoms with Gasteiger partial charge in [-0.15, -0.1) is 10.2 Å². The Labute approximate surface area is 158 Å². The molecule has 0 aliphatic carbocycles. The summed E-state index contributed by atoms with van der Waals surface area (Å²) in [6, 6.07) is 10.9. The zero-order chi connectivity index (χ0) is 19.4. The van der Waals surface area contributed by atoms with Crippen molar-refractivity contribution in [2.45, 2.75) is 30.4 Å². The van der Waals surface area contributed by atoms with Gasteiger partial charge in [-0.1, -0.05) is 11.8 Å². The van der Waals surface area contributed by atoms with E-state index in [2.05, 4.69) is 10.2 Å². The van der Waals surface area contributed by atoms with Gasteiger partial charge in [-0.3, -0.25) is 4.79 Å². The first-order valence-electron chi connectivity index (χ1n) is 8.14. The van der Waals surface area contributed by atoms with Crippen LogP contribution in [0.3, 0.4) is 0 Å². The number of nitrogens with zero attached hydrogens (tertiary/aromatic N) is 2. The number of ketones is 1. The highest BCUT2D eigenvalue weighted by molar-refractivity contribution is 8.00. The summed E-state index contributed by atoms with van der Waals surface area (Å²) in [4.78, 5) is 12.4. The number of rotatable bonds is 7. The Bertz CT molecular complexity index is 913. The summed E-state index contributed by atoms with van der Waals surface area (Å²) in [5.74, 6) is -0.218. The highest BCUT2D eigenvalue weighted by atomic mass is 32.2. The van der Waals surface area contributed by atoms with Crippen LogP contribution in [0.2, 0.25) is 0 Å². The van der Waals surface area contributed by atoms with Crippen LogP contribution in [0.1, 0.15) is 36.2 Å². The zero-order valence-corrected chi connectivity index (χ0v) is 15.4. The van der Waals surface area contributed by atoms with Gasteiger partial charge in [-0.2, -0.15) is 0 Å². The highest BCUT2D eigenvalue weighted by Gasteiger charge is 2.22. The van der Waals surface area contributed by atoms with Crippen molar-refractivity contribution in [1.82, 2.24) is 10.2 Å². The summed E-state index contributed by atoms with van der Waals surface area (Å²) in [7, 11) is 0. The molecule has 2 atom stereocenters. The topological polar surface area (TPSA) is 65.2 Å². The molecule has 0 spiro atoms. The number of carbonyl (C=O) groups is 1. The second-order valence-electron chi connectivity index (χ2n) is 5.75. The van der Waals surface area contributed by atoms with Crippen LogP contribution < -0.4 is 4.74 Å². The van der Waals surface area contributed by atoms with Crippen LogP contribution in [0, 0.1) is 11.6 Å². The van der Waals surface area contributed by atoms with E-state index < -0.39 is 17.2 Å². The van der Waals surface area contributed by atoms with E-state index in [9.17, 15) is 13.6 Å². The first-order valence-corrected chi connectivity index (χ1v) is 9.02. The van der Waals surface area contributed by atoms with Crippen molar-refractivity contribution < 1.29 is 22.7 Å². The van der Waals surface area contributed by atoms with Gasteiger partial charge < -0.3 is 9.15 Å². The second-order valence-corrected chi connectivity index (χ2v) is 7.04. The van der Waals surface area contributed by atoms with Gasteiger partial charge in [0.15, 0.2) is 11.9 Å². The average molecular weight is 390 g/mol. The van der Waals surface area contributed by atoms with E-state index in [-0.39, 0.29) is 22.7 Å². The smallest absolute Gasteiger partial charge is 0.277 e. The Hall–Kier alpha value is -2.74. The van der Waals surface area contributed by atoms with E-state index in [1.165, 1.54) is 48.5 Å². The third-order valence-corrected chi connectivity index (χ3v) is 4.61. The number of hydrogen-bond acceptors (Lipinski definition) is 6. The maximum atomic E-state index is 13.0. The van der Waals surface area contributed by atoms with Crippen molar-refractivity contribution in [2.24, 2.45) is 0 Å². The van der Waals surface area contributed by atoms with Crippen LogP contribution in [0.4, 0.5) is 8.78 Å². The number of halogens is 2. The quantitative estimate of drug-likeness (QED) is 0.424.